The van der Waals surface area contributed by atoms with E-state index in [1.165, 1.54) is 0 Å². The largest absolute Gasteiger partial charge is 0.376 e. The number of hydrogen-bond acceptors (Lipinski definition) is 4. The first-order valence-corrected chi connectivity index (χ1v) is 9.96. The van der Waals surface area contributed by atoms with Crippen LogP contribution in [0.25, 0.3) is 16.9 Å². The molecule has 6 nitrogen and oxygen atoms in total. The van der Waals surface area contributed by atoms with Crippen LogP contribution >= 0.6 is 0 Å². The van der Waals surface area contributed by atoms with Crippen molar-refractivity contribution in [2.24, 2.45) is 0 Å². The van der Waals surface area contributed by atoms with Crippen LogP contribution in [0.2, 0.25) is 0 Å². The Balaban J connectivity index is 1.58. The van der Waals surface area contributed by atoms with Gasteiger partial charge in [0.2, 0.25) is 5.91 Å². The van der Waals surface area contributed by atoms with Crippen molar-refractivity contribution in [3.8, 4) is 16.9 Å². The lowest BCUT2D eigenvalue weighted by Crippen LogP contribution is -2.50. The molecule has 2 unspecified atom stereocenters. The second-order valence-corrected chi connectivity index (χ2v) is 7.50. The van der Waals surface area contributed by atoms with Crippen molar-refractivity contribution in [3.63, 3.8) is 0 Å². The van der Waals surface area contributed by atoms with Gasteiger partial charge in [0.15, 0.2) is 0 Å². The molecule has 1 aromatic heterocycles. The number of rotatable bonds is 5. The van der Waals surface area contributed by atoms with E-state index in [-0.39, 0.29) is 18.1 Å². The van der Waals surface area contributed by atoms with Gasteiger partial charge in [-0.15, -0.1) is 0 Å². The molecule has 0 radical (unpaired) electrons. The normalized spacial score (nSPS) is 19.8. The Morgan fingerprint density at radius 2 is 1.79 bits per heavy atom. The minimum atomic E-state index is -0.0531. The summed E-state index contributed by atoms with van der Waals surface area (Å²) in [6.07, 6.45) is 0.138. The first-order valence-electron chi connectivity index (χ1n) is 9.96. The molecule has 6 heteroatoms. The van der Waals surface area contributed by atoms with Crippen LogP contribution < -0.4 is 5.32 Å². The number of nitrogens with zero attached hydrogens (tertiary/aromatic N) is 3. The number of carbonyl (C=O) groups excluding carboxylic acids is 1. The molecule has 2 aromatic carbocycles. The van der Waals surface area contributed by atoms with Crippen LogP contribution in [0, 0.1) is 0 Å². The summed E-state index contributed by atoms with van der Waals surface area (Å²) < 4.78 is 7.45. The van der Waals surface area contributed by atoms with Crippen molar-refractivity contribution in [1.82, 2.24) is 14.7 Å². The Labute approximate surface area is 171 Å². The number of morpholine rings is 1. The Bertz CT molecular complexity index is 956. The summed E-state index contributed by atoms with van der Waals surface area (Å²) in [5.41, 5.74) is 2.73. The lowest BCUT2D eigenvalue weighted by molar-refractivity contribution is -0.121. The fourth-order valence-corrected chi connectivity index (χ4v) is 3.55. The zero-order chi connectivity index (χ0) is 20.2. The van der Waals surface area contributed by atoms with Gasteiger partial charge in [0.25, 0.3) is 0 Å². The summed E-state index contributed by atoms with van der Waals surface area (Å²) >= 11 is 0. The smallest absolute Gasteiger partial charge is 0.239 e. The maximum Gasteiger partial charge on any atom is 0.239 e. The molecule has 29 heavy (non-hydrogen) atoms. The highest BCUT2D eigenvalue weighted by atomic mass is 16.5. The highest BCUT2D eigenvalue weighted by molar-refractivity contribution is 5.92. The number of ether oxygens (including phenoxy) is 1. The predicted octanol–water partition coefficient (Wildman–Crippen LogP) is 3.59. The van der Waals surface area contributed by atoms with E-state index in [4.69, 9.17) is 9.84 Å². The molecule has 1 N–H and O–H groups in total. The molecule has 1 aliphatic heterocycles. The number of amides is 1. The summed E-state index contributed by atoms with van der Waals surface area (Å²) in [5, 5.41) is 7.81. The number of hydrogen-bond donors (Lipinski definition) is 1. The number of aromatic nitrogens is 2. The number of para-hydroxylation sites is 1. The van der Waals surface area contributed by atoms with E-state index in [1.54, 1.807) is 4.68 Å². The number of benzene rings is 2. The van der Waals surface area contributed by atoms with Gasteiger partial charge in [-0.2, -0.15) is 5.10 Å². The van der Waals surface area contributed by atoms with Crippen molar-refractivity contribution in [3.05, 3.63) is 66.7 Å². The van der Waals surface area contributed by atoms with E-state index in [2.05, 4.69) is 17.1 Å². The summed E-state index contributed by atoms with van der Waals surface area (Å²) in [7, 11) is 0. The zero-order valence-electron chi connectivity index (χ0n) is 16.8. The first-order chi connectivity index (χ1) is 14.1. The van der Waals surface area contributed by atoms with Gasteiger partial charge in [-0.1, -0.05) is 48.5 Å². The molecular weight excluding hydrogens is 364 g/mol. The molecule has 0 saturated carbocycles. The fourth-order valence-electron chi connectivity index (χ4n) is 3.55. The second-order valence-electron chi connectivity index (χ2n) is 7.50. The SMILES string of the molecule is CC1CN(CC(=O)Nc2cc(-c3ccccc3)nn2-c2ccccc2)C(C)CO1. The Morgan fingerprint density at radius 3 is 2.52 bits per heavy atom. The van der Waals surface area contributed by atoms with Gasteiger partial charge in [-0.3, -0.25) is 9.69 Å². The van der Waals surface area contributed by atoms with Gasteiger partial charge in [-0.25, -0.2) is 4.68 Å². The van der Waals surface area contributed by atoms with Crippen molar-refractivity contribution in [1.29, 1.82) is 0 Å². The predicted molar refractivity (Wildman–Crippen MR) is 114 cm³/mol. The molecule has 1 saturated heterocycles. The third-order valence-electron chi connectivity index (χ3n) is 5.13. The molecule has 1 aliphatic rings. The lowest BCUT2D eigenvalue weighted by Gasteiger charge is -2.36. The van der Waals surface area contributed by atoms with Crippen LogP contribution in [-0.2, 0) is 9.53 Å². The van der Waals surface area contributed by atoms with E-state index in [0.29, 0.717) is 19.0 Å². The summed E-state index contributed by atoms with van der Waals surface area (Å²) in [4.78, 5) is 15.0. The molecule has 2 heterocycles. The minimum absolute atomic E-state index is 0.0531. The second kappa shape index (κ2) is 8.59. The molecule has 150 valence electrons. The van der Waals surface area contributed by atoms with E-state index >= 15 is 0 Å². The average Bonchev–Trinajstić information content (AvgIpc) is 3.15. The molecule has 4 rings (SSSR count). The van der Waals surface area contributed by atoms with Gasteiger partial charge < -0.3 is 10.1 Å². The highest BCUT2D eigenvalue weighted by Gasteiger charge is 2.25. The topological polar surface area (TPSA) is 59.4 Å². The van der Waals surface area contributed by atoms with Gasteiger partial charge in [0.1, 0.15) is 5.82 Å². The van der Waals surface area contributed by atoms with Crippen molar-refractivity contribution >= 4 is 11.7 Å². The van der Waals surface area contributed by atoms with Gasteiger partial charge in [0.05, 0.1) is 30.6 Å². The molecule has 0 spiro atoms. The maximum absolute atomic E-state index is 12.8. The van der Waals surface area contributed by atoms with Crippen LogP contribution in [-0.4, -0.2) is 52.4 Å². The highest BCUT2D eigenvalue weighted by Crippen LogP contribution is 2.24. The van der Waals surface area contributed by atoms with Crippen molar-refractivity contribution in [2.75, 3.05) is 25.0 Å². The van der Waals surface area contributed by atoms with Crippen LogP contribution in [0.3, 0.4) is 0 Å². The van der Waals surface area contributed by atoms with Gasteiger partial charge in [0, 0.05) is 24.2 Å². The molecule has 0 bridgehead atoms. The lowest BCUT2D eigenvalue weighted by atomic mass is 10.1. The summed E-state index contributed by atoms with van der Waals surface area (Å²) in [6, 6.07) is 21.9. The third-order valence-corrected chi connectivity index (χ3v) is 5.13. The Morgan fingerprint density at radius 1 is 1.10 bits per heavy atom. The standard InChI is InChI=1S/C23H26N4O2/c1-17-16-29-18(2)14-26(17)15-23(28)24-22-13-21(19-9-5-3-6-10-19)25-27(22)20-11-7-4-8-12-20/h3-13,17-18H,14-16H2,1-2H3,(H,24,28). The number of carbonyl (C=O) groups is 1. The van der Waals surface area contributed by atoms with E-state index in [9.17, 15) is 4.79 Å². The van der Waals surface area contributed by atoms with Gasteiger partial charge in [-0.05, 0) is 26.0 Å². The van der Waals surface area contributed by atoms with Crippen LogP contribution in [0.4, 0.5) is 5.82 Å². The van der Waals surface area contributed by atoms with Gasteiger partial charge >= 0.3 is 0 Å². The monoisotopic (exact) mass is 390 g/mol. The molecule has 0 aliphatic carbocycles. The molecule has 1 fully saturated rings. The van der Waals surface area contributed by atoms with E-state index in [1.807, 2.05) is 73.7 Å². The van der Waals surface area contributed by atoms with E-state index < -0.39 is 0 Å². The summed E-state index contributed by atoms with van der Waals surface area (Å²) in [6.45, 7) is 5.85. The molecule has 1 amide bonds. The van der Waals surface area contributed by atoms with Crippen LogP contribution in [0.5, 0.6) is 0 Å². The zero-order valence-corrected chi connectivity index (χ0v) is 16.8. The minimum Gasteiger partial charge on any atom is -0.376 e. The fraction of sp³-hybridized carbons (Fsp3) is 0.304. The number of anilines is 1. The first kappa shape index (κ1) is 19.4. The number of nitrogens with one attached hydrogen (secondary N) is 1. The Hall–Kier alpha value is -2.96. The molecule has 3 aromatic rings. The van der Waals surface area contributed by atoms with Crippen molar-refractivity contribution < 1.29 is 9.53 Å². The molecular formula is C23H26N4O2. The van der Waals surface area contributed by atoms with E-state index in [0.717, 1.165) is 23.5 Å². The van der Waals surface area contributed by atoms with Crippen LogP contribution in [0.1, 0.15) is 13.8 Å². The molecule has 2 atom stereocenters. The average molecular weight is 390 g/mol. The van der Waals surface area contributed by atoms with Crippen molar-refractivity contribution in [2.45, 2.75) is 26.0 Å². The van der Waals surface area contributed by atoms with Crippen LogP contribution in [0.15, 0.2) is 66.7 Å². The summed E-state index contributed by atoms with van der Waals surface area (Å²) in [5.74, 6) is 0.608. The quantitative estimate of drug-likeness (QED) is 0.723. The Kier molecular flexibility index (Phi) is 5.74. The third kappa shape index (κ3) is 4.55. The maximum atomic E-state index is 12.8.